The van der Waals surface area contributed by atoms with Gasteiger partial charge in [0.05, 0.1) is 4.91 Å². The van der Waals surface area contributed by atoms with Crippen LogP contribution in [0.25, 0.3) is 6.08 Å². The lowest BCUT2D eigenvalue weighted by Crippen LogP contribution is -2.18. The second-order valence-electron chi connectivity index (χ2n) is 3.31. The van der Waals surface area contributed by atoms with Crippen molar-refractivity contribution in [2.24, 2.45) is 0 Å². The van der Waals surface area contributed by atoms with E-state index >= 15 is 0 Å². The normalized spacial score (nSPS) is 18.3. The Hall–Kier alpha value is -1.55. The number of amidine groups is 1. The predicted molar refractivity (Wildman–Crippen MR) is 62.6 cm³/mol. The summed E-state index contributed by atoms with van der Waals surface area (Å²) in [6, 6.07) is 7.90. The van der Waals surface area contributed by atoms with E-state index in [1.807, 2.05) is 31.2 Å². The van der Waals surface area contributed by atoms with E-state index in [9.17, 15) is 4.79 Å². The molecule has 0 bridgehead atoms. The number of hydrogen-bond acceptors (Lipinski definition) is 3. The van der Waals surface area contributed by atoms with E-state index in [1.54, 1.807) is 6.08 Å². The first-order valence-corrected chi connectivity index (χ1v) is 5.33. The standard InChI is InChI=1S/C11H10N2OS/c1-7-3-2-4-8(5-7)6-9-10(14)13-11(12)15-9/h2-6H,1H3,(H2,12,13,14). The molecule has 4 heteroatoms. The Morgan fingerprint density at radius 2 is 2.27 bits per heavy atom. The monoisotopic (exact) mass is 218 g/mol. The molecule has 0 radical (unpaired) electrons. The van der Waals surface area contributed by atoms with Crippen molar-refractivity contribution >= 4 is 28.9 Å². The van der Waals surface area contributed by atoms with Crippen LogP contribution in [0.2, 0.25) is 0 Å². The zero-order chi connectivity index (χ0) is 10.8. The van der Waals surface area contributed by atoms with Crippen molar-refractivity contribution in [3.63, 3.8) is 0 Å². The van der Waals surface area contributed by atoms with Crippen molar-refractivity contribution in [1.29, 1.82) is 5.41 Å². The lowest BCUT2D eigenvalue weighted by atomic mass is 10.1. The molecule has 1 aromatic rings. The molecule has 2 rings (SSSR count). The number of aryl methyl sites for hydroxylation is 1. The van der Waals surface area contributed by atoms with E-state index in [1.165, 1.54) is 0 Å². The lowest BCUT2D eigenvalue weighted by molar-refractivity contribution is -0.115. The first-order chi connectivity index (χ1) is 7.15. The minimum absolute atomic E-state index is 0.188. The van der Waals surface area contributed by atoms with E-state index in [2.05, 4.69) is 5.32 Å². The number of rotatable bonds is 1. The lowest BCUT2D eigenvalue weighted by Gasteiger charge is -1.96. The number of carbonyl (C=O) groups excluding carboxylic acids is 1. The Labute approximate surface area is 92.1 Å². The Morgan fingerprint density at radius 1 is 1.47 bits per heavy atom. The van der Waals surface area contributed by atoms with Gasteiger partial charge in [-0.1, -0.05) is 29.8 Å². The second kappa shape index (κ2) is 3.90. The van der Waals surface area contributed by atoms with Gasteiger partial charge in [-0.2, -0.15) is 0 Å². The van der Waals surface area contributed by atoms with Crippen LogP contribution in [-0.4, -0.2) is 11.1 Å². The maximum atomic E-state index is 11.3. The number of amides is 1. The van der Waals surface area contributed by atoms with Crippen molar-refractivity contribution in [2.75, 3.05) is 0 Å². The molecule has 0 atom stereocenters. The molecule has 0 spiro atoms. The maximum Gasteiger partial charge on any atom is 0.264 e. The van der Waals surface area contributed by atoms with Gasteiger partial charge in [-0.25, -0.2) is 0 Å². The molecule has 0 aromatic heterocycles. The summed E-state index contributed by atoms with van der Waals surface area (Å²) in [5.41, 5.74) is 2.14. The smallest absolute Gasteiger partial charge is 0.264 e. The van der Waals surface area contributed by atoms with Gasteiger partial charge in [-0.3, -0.25) is 10.2 Å². The molecule has 0 aliphatic carbocycles. The van der Waals surface area contributed by atoms with Crippen molar-refractivity contribution in [2.45, 2.75) is 6.92 Å². The van der Waals surface area contributed by atoms with Crippen molar-refractivity contribution in [1.82, 2.24) is 5.32 Å². The van der Waals surface area contributed by atoms with Crippen LogP contribution in [0, 0.1) is 12.3 Å². The van der Waals surface area contributed by atoms with Gasteiger partial charge in [-0.05, 0) is 30.3 Å². The Morgan fingerprint density at radius 3 is 2.87 bits per heavy atom. The zero-order valence-corrected chi connectivity index (χ0v) is 9.02. The molecule has 1 aliphatic heterocycles. The highest BCUT2D eigenvalue weighted by Crippen LogP contribution is 2.24. The van der Waals surface area contributed by atoms with Gasteiger partial charge in [0.2, 0.25) is 0 Å². The third-order valence-corrected chi connectivity index (χ3v) is 2.83. The van der Waals surface area contributed by atoms with Gasteiger partial charge in [0.25, 0.3) is 5.91 Å². The molecule has 1 aliphatic rings. The first kappa shape index (κ1) is 9.98. The summed E-state index contributed by atoms with van der Waals surface area (Å²) >= 11 is 1.16. The fourth-order valence-electron chi connectivity index (χ4n) is 1.35. The Kier molecular flexibility index (Phi) is 2.60. The highest BCUT2D eigenvalue weighted by molar-refractivity contribution is 8.18. The second-order valence-corrected chi connectivity index (χ2v) is 4.36. The van der Waals surface area contributed by atoms with Crippen LogP contribution in [0.1, 0.15) is 11.1 Å². The molecule has 3 nitrogen and oxygen atoms in total. The molecule has 15 heavy (non-hydrogen) atoms. The zero-order valence-electron chi connectivity index (χ0n) is 8.20. The third kappa shape index (κ3) is 2.27. The van der Waals surface area contributed by atoms with E-state index in [0.29, 0.717) is 4.91 Å². The van der Waals surface area contributed by atoms with Crippen LogP contribution in [0.4, 0.5) is 0 Å². The number of thioether (sulfide) groups is 1. The number of benzene rings is 1. The molecule has 2 N–H and O–H groups in total. The van der Waals surface area contributed by atoms with Gasteiger partial charge in [-0.15, -0.1) is 0 Å². The van der Waals surface area contributed by atoms with Gasteiger partial charge in [0.15, 0.2) is 5.17 Å². The van der Waals surface area contributed by atoms with Crippen LogP contribution in [-0.2, 0) is 4.79 Å². The average molecular weight is 218 g/mol. The topological polar surface area (TPSA) is 53.0 Å². The summed E-state index contributed by atoms with van der Waals surface area (Å²) in [7, 11) is 0. The molecule has 1 aromatic carbocycles. The maximum absolute atomic E-state index is 11.3. The molecule has 0 unspecified atom stereocenters. The van der Waals surface area contributed by atoms with Gasteiger partial charge in [0.1, 0.15) is 0 Å². The van der Waals surface area contributed by atoms with E-state index in [0.717, 1.165) is 22.9 Å². The summed E-state index contributed by atoms with van der Waals surface area (Å²) in [6.45, 7) is 2.01. The Balaban J connectivity index is 2.31. The highest BCUT2D eigenvalue weighted by atomic mass is 32.2. The summed E-state index contributed by atoms with van der Waals surface area (Å²) < 4.78 is 0. The van der Waals surface area contributed by atoms with Crippen molar-refractivity contribution in [3.05, 3.63) is 40.3 Å². The number of nitrogens with one attached hydrogen (secondary N) is 2. The summed E-state index contributed by atoms with van der Waals surface area (Å²) in [5, 5.41) is 9.94. The summed E-state index contributed by atoms with van der Waals surface area (Å²) in [6.07, 6.45) is 1.80. The van der Waals surface area contributed by atoms with Crippen LogP contribution in [0.5, 0.6) is 0 Å². The quantitative estimate of drug-likeness (QED) is 0.709. The molecular formula is C11H10N2OS. The van der Waals surface area contributed by atoms with Crippen molar-refractivity contribution < 1.29 is 4.79 Å². The van der Waals surface area contributed by atoms with Gasteiger partial charge in [0, 0.05) is 0 Å². The molecule has 1 saturated heterocycles. The fraction of sp³-hybridized carbons (Fsp3) is 0.0909. The SMILES string of the molecule is Cc1cccc(C=C2SC(=N)NC2=O)c1. The van der Waals surface area contributed by atoms with E-state index in [-0.39, 0.29) is 11.1 Å². The summed E-state index contributed by atoms with van der Waals surface area (Å²) in [4.78, 5) is 11.9. The average Bonchev–Trinajstić information content (AvgIpc) is 2.45. The van der Waals surface area contributed by atoms with E-state index < -0.39 is 0 Å². The largest absolute Gasteiger partial charge is 0.301 e. The van der Waals surface area contributed by atoms with Crippen LogP contribution in [0.3, 0.4) is 0 Å². The summed E-state index contributed by atoms with van der Waals surface area (Å²) in [5.74, 6) is -0.188. The van der Waals surface area contributed by atoms with Gasteiger partial charge >= 0.3 is 0 Å². The molecule has 1 heterocycles. The van der Waals surface area contributed by atoms with Crippen molar-refractivity contribution in [3.8, 4) is 0 Å². The third-order valence-electron chi connectivity index (χ3n) is 2.00. The highest BCUT2D eigenvalue weighted by Gasteiger charge is 2.21. The van der Waals surface area contributed by atoms with Crippen LogP contribution in [0.15, 0.2) is 29.2 Å². The molecule has 1 fully saturated rings. The fourth-order valence-corrected chi connectivity index (χ4v) is 2.06. The van der Waals surface area contributed by atoms with E-state index in [4.69, 9.17) is 5.41 Å². The number of carbonyl (C=O) groups is 1. The van der Waals surface area contributed by atoms with Gasteiger partial charge < -0.3 is 5.32 Å². The molecule has 1 amide bonds. The molecule has 76 valence electrons. The van der Waals surface area contributed by atoms with Crippen LogP contribution >= 0.6 is 11.8 Å². The first-order valence-electron chi connectivity index (χ1n) is 4.51. The minimum Gasteiger partial charge on any atom is -0.301 e. The molecule has 0 saturated carbocycles. The number of hydrogen-bond donors (Lipinski definition) is 2. The predicted octanol–water partition coefficient (Wildman–Crippen LogP) is 2.13. The minimum atomic E-state index is -0.188. The van der Waals surface area contributed by atoms with Crippen LogP contribution < -0.4 is 5.32 Å². The Bertz CT molecular complexity index is 465. The molecular weight excluding hydrogens is 208 g/mol.